The van der Waals surface area contributed by atoms with Crippen LogP contribution in [-0.4, -0.2) is 22.6 Å². The average molecular weight is 301 g/mol. The molecule has 0 atom stereocenters. The van der Waals surface area contributed by atoms with Gasteiger partial charge in [0.1, 0.15) is 12.4 Å². The highest BCUT2D eigenvalue weighted by Gasteiger charge is 2.08. The number of carbonyl (C=O) groups excluding carboxylic acids is 1. The number of halogens is 1. The van der Waals surface area contributed by atoms with Crippen LogP contribution in [0.15, 0.2) is 36.5 Å². The van der Waals surface area contributed by atoms with Crippen LogP contribution in [0.25, 0.3) is 0 Å². The highest BCUT2D eigenvalue weighted by Crippen LogP contribution is 2.13. The smallest absolute Gasteiger partial charge is 0.256 e. The van der Waals surface area contributed by atoms with Crippen LogP contribution in [0.1, 0.15) is 21.5 Å². The number of aromatic nitrogens is 1. The van der Waals surface area contributed by atoms with Gasteiger partial charge >= 0.3 is 0 Å². The second kappa shape index (κ2) is 6.89. The number of amides is 1. The van der Waals surface area contributed by atoms with Crippen LogP contribution >= 0.6 is 11.6 Å². The lowest BCUT2D eigenvalue weighted by atomic mass is 10.1. The molecule has 5 heteroatoms. The van der Waals surface area contributed by atoms with E-state index in [1.807, 2.05) is 13.0 Å². The zero-order chi connectivity index (χ0) is 15.2. The van der Waals surface area contributed by atoms with E-state index in [0.29, 0.717) is 22.0 Å². The molecular weight excluding hydrogens is 288 g/mol. The number of nitrogens with zero attached hydrogens (tertiary/aromatic N) is 1. The van der Waals surface area contributed by atoms with Gasteiger partial charge in [-0.1, -0.05) is 23.4 Å². The summed E-state index contributed by atoms with van der Waals surface area (Å²) < 4.78 is 0. The molecule has 0 aliphatic rings. The number of benzene rings is 1. The Bertz CT molecular complexity index is 715. The van der Waals surface area contributed by atoms with Crippen LogP contribution in [-0.2, 0) is 0 Å². The Kier molecular flexibility index (Phi) is 4.94. The zero-order valence-electron chi connectivity index (χ0n) is 11.4. The number of rotatable bonds is 2. The summed E-state index contributed by atoms with van der Waals surface area (Å²) in [5.74, 6) is 5.50. The highest BCUT2D eigenvalue weighted by atomic mass is 35.5. The molecule has 21 heavy (non-hydrogen) atoms. The molecule has 0 radical (unpaired) electrons. The van der Waals surface area contributed by atoms with Crippen LogP contribution in [0.3, 0.4) is 0 Å². The molecule has 0 fully saturated rings. The van der Waals surface area contributed by atoms with E-state index < -0.39 is 0 Å². The molecule has 106 valence electrons. The Labute approximate surface area is 127 Å². The van der Waals surface area contributed by atoms with E-state index in [2.05, 4.69) is 22.1 Å². The molecule has 1 aromatic heterocycles. The van der Waals surface area contributed by atoms with Gasteiger partial charge in [0.25, 0.3) is 5.91 Å². The van der Waals surface area contributed by atoms with Crippen LogP contribution < -0.4 is 5.32 Å². The number of aryl methyl sites for hydroxylation is 1. The monoisotopic (exact) mass is 300 g/mol. The summed E-state index contributed by atoms with van der Waals surface area (Å²) in [5.41, 5.74) is 2.07. The molecule has 1 amide bonds. The Morgan fingerprint density at radius 3 is 2.86 bits per heavy atom. The van der Waals surface area contributed by atoms with Crippen molar-refractivity contribution in [1.82, 2.24) is 4.98 Å². The zero-order valence-corrected chi connectivity index (χ0v) is 12.1. The molecule has 0 aliphatic heterocycles. The number of carbonyl (C=O) groups is 1. The van der Waals surface area contributed by atoms with Crippen LogP contribution in [0.5, 0.6) is 0 Å². The Hall–Kier alpha value is -2.35. The molecule has 1 aromatic carbocycles. The molecule has 0 unspecified atom stereocenters. The molecule has 2 N–H and O–H groups in total. The minimum Gasteiger partial charge on any atom is -0.384 e. The fourth-order valence-electron chi connectivity index (χ4n) is 1.77. The maximum atomic E-state index is 12.2. The third-order valence-corrected chi connectivity index (χ3v) is 2.84. The molecule has 1 heterocycles. The number of nitrogens with one attached hydrogen (secondary N) is 1. The lowest BCUT2D eigenvalue weighted by Gasteiger charge is -2.06. The van der Waals surface area contributed by atoms with Crippen LogP contribution in [0, 0.1) is 18.8 Å². The summed E-state index contributed by atoms with van der Waals surface area (Å²) in [6.45, 7) is 1.66. The molecule has 0 aliphatic carbocycles. The summed E-state index contributed by atoms with van der Waals surface area (Å²) >= 11 is 5.74. The SMILES string of the molecule is Cc1cc(C#CCO)cc(C(=O)Nc2ccc(Cl)cn2)c1. The third kappa shape index (κ3) is 4.32. The first-order valence-electron chi connectivity index (χ1n) is 6.23. The third-order valence-electron chi connectivity index (χ3n) is 2.62. The number of aliphatic hydroxyl groups excluding tert-OH is 1. The molecule has 0 spiro atoms. The van der Waals surface area contributed by atoms with E-state index in [4.69, 9.17) is 16.7 Å². The van der Waals surface area contributed by atoms with Crippen molar-refractivity contribution >= 4 is 23.3 Å². The Morgan fingerprint density at radius 2 is 2.19 bits per heavy atom. The van der Waals surface area contributed by atoms with E-state index >= 15 is 0 Å². The van der Waals surface area contributed by atoms with Crippen molar-refractivity contribution in [2.45, 2.75) is 6.92 Å². The summed E-state index contributed by atoms with van der Waals surface area (Å²) in [6.07, 6.45) is 1.46. The van der Waals surface area contributed by atoms with Crippen LogP contribution in [0.4, 0.5) is 5.82 Å². The molecule has 4 nitrogen and oxygen atoms in total. The van der Waals surface area contributed by atoms with Gasteiger partial charge in [-0.05, 0) is 42.8 Å². The average Bonchev–Trinajstić information content (AvgIpc) is 2.47. The summed E-state index contributed by atoms with van der Waals surface area (Å²) in [4.78, 5) is 16.2. The Morgan fingerprint density at radius 1 is 1.38 bits per heavy atom. The minimum absolute atomic E-state index is 0.218. The summed E-state index contributed by atoms with van der Waals surface area (Å²) in [7, 11) is 0. The number of aliphatic hydroxyl groups is 1. The van der Waals surface area contributed by atoms with Crippen molar-refractivity contribution in [1.29, 1.82) is 0 Å². The van der Waals surface area contributed by atoms with Gasteiger partial charge in [-0.3, -0.25) is 4.79 Å². The van der Waals surface area contributed by atoms with Crippen molar-refractivity contribution in [2.75, 3.05) is 11.9 Å². The fraction of sp³-hybridized carbons (Fsp3) is 0.125. The van der Waals surface area contributed by atoms with Gasteiger partial charge in [-0.25, -0.2) is 4.98 Å². The quantitative estimate of drug-likeness (QED) is 0.838. The van der Waals surface area contributed by atoms with Crippen molar-refractivity contribution in [3.8, 4) is 11.8 Å². The van der Waals surface area contributed by atoms with E-state index in [1.54, 1.807) is 24.3 Å². The highest BCUT2D eigenvalue weighted by molar-refractivity contribution is 6.30. The van der Waals surface area contributed by atoms with Gasteiger partial charge < -0.3 is 10.4 Å². The first-order valence-corrected chi connectivity index (χ1v) is 6.60. The van der Waals surface area contributed by atoms with E-state index in [9.17, 15) is 4.79 Å². The standard InChI is InChI=1S/C16H13ClN2O2/c1-11-7-12(3-2-6-20)9-13(8-11)16(21)19-15-5-4-14(17)10-18-15/h4-5,7-10,20H,6H2,1H3,(H,18,19,21). The predicted molar refractivity (Wildman–Crippen MR) is 82.3 cm³/mol. The van der Waals surface area contributed by atoms with Crippen molar-refractivity contribution in [2.24, 2.45) is 0 Å². The van der Waals surface area contributed by atoms with Gasteiger partial charge in [0.05, 0.1) is 5.02 Å². The van der Waals surface area contributed by atoms with Crippen LogP contribution in [0.2, 0.25) is 5.02 Å². The fourth-order valence-corrected chi connectivity index (χ4v) is 1.88. The molecule has 0 saturated carbocycles. The number of pyridine rings is 1. The number of anilines is 1. The molecule has 2 aromatic rings. The van der Waals surface area contributed by atoms with Gasteiger partial charge in [0.2, 0.25) is 0 Å². The Balaban J connectivity index is 2.22. The van der Waals surface area contributed by atoms with Crippen molar-refractivity contribution in [3.63, 3.8) is 0 Å². The summed E-state index contributed by atoms with van der Waals surface area (Å²) in [5, 5.41) is 11.9. The summed E-state index contributed by atoms with van der Waals surface area (Å²) in [6, 6.07) is 8.55. The normalized spacial score (nSPS) is 9.67. The predicted octanol–water partition coefficient (Wildman–Crippen LogP) is 2.64. The lowest BCUT2D eigenvalue weighted by Crippen LogP contribution is -2.13. The first-order chi connectivity index (χ1) is 10.1. The van der Waals surface area contributed by atoms with E-state index in [-0.39, 0.29) is 12.5 Å². The van der Waals surface area contributed by atoms with E-state index in [0.717, 1.165) is 5.56 Å². The number of hydrogen-bond donors (Lipinski definition) is 2. The van der Waals surface area contributed by atoms with Gasteiger partial charge in [0, 0.05) is 17.3 Å². The second-order valence-corrected chi connectivity index (χ2v) is 4.80. The van der Waals surface area contributed by atoms with Crippen molar-refractivity contribution < 1.29 is 9.90 Å². The van der Waals surface area contributed by atoms with Crippen molar-refractivity contribution in [3.05, 3.63) is 58.2 Å². The van der Waals surface area contributed by atoms with E-state index in [1.165, 1.54) is 6.20 Å². The second-order valence-electron chi connectivity index (χ2n) is 4.36. The van der Waals surface area contributed by atoms with Gasteiger partial charge in [0.15, 0.2) is 0 Å². The molecule has 0 saturated heterocycles. The molecule has 2 rings (SSSR count). The molecular formula is C16H13ClN2O2. The maximum absolute atomic E-state index is 12.2. The van der Waals surface area contributed by atoms with Gasteiger partial charge in [-0.15, -0.1) is 0 Å². The maximum Gasteiger partial charge on any atom is 0.256 e. The largest absolute Gasteiger partial charge is 0.384 e. The lowest BCUT2D eigenvalue weighted by molar-refractivity contribution is 0.102. The number of hydrogen-bond acceptors (Lipinski definition) is 3. The molecule has 0 bridgehead atoms. The topological polar surface area (TPSA) is 62.2 Å². The minimum atomic E-state index is -0.277. The first kappa shape index (κ1) is 15.0. The van der Waals surface area contributed by atoms with Gasteiger partial charge in [-0.2, -0.15) is 0 Å².